The van der Waals surface area contributed by atoms with Gasteiger partial charge in [-0.2, -0.15) is 0 Å². The number of aromatic amines is 1. The molecule has 102 valence electrons. The number of hydrogen-bond acceptors (Lipinski definition) is 2. The first kappa shape index (κ1) is 12.5. The molecule has 0 fully saturated rings. The fourth-order valence-corrected chi connectivity index (χ4v) is 3.18. The highest BCUT2D eigenvalue weighted by molar-refractivity contribution is 9.10. The summed E-state index contributed by atoms with van der Waals surface area (Å²) in [5, 5.41) is 1.12. The average molecular weight is 338 g/mol. The number of H-pyrrole nitrogens is 1. The fourth-order valence-electron chi connectivity index (χ4n) is 2.61. The first-order chi connectivity index (χ1) is 10.2. The van der Waals surface area contributed by atoms with E-state index in [1.165, 1.54) is 0 Å². The molecule has 0 amide bonds. The predicted octanol–water partition coefficient (Wildman–Crippen LogP) is 4.85. The number of aromatic nitrogens is 3. The molecule has 4 rings (SSSR count). The number of nitrogens with one attached hydrogen (secondary N) is 1. The van der Waals surface area contributed by atoms with Crippen LogP contribution in [0.15, 0.2) is 53.1 Å². The number of nitrogens with zero attached hydrogens (tertiary/aromatic N) is 2. The molecule has 2 heterocycles. The van der Waals surface area contributed by atoms with Crippen molar-refractivity contribution >= 4 is 37.9 Å². The molecule has 0 aliphatic heterocycles. The van der Waals surface area contributed by atoms with Gasteiger partial charge in [0.2, 0.25) is 0 Å². The van der Waals surface area contributed by atoms with Gasteiger partial charge in [-0.05, 0) is 48.9 Å². The van der Waals surface area contributed by atoms with Gasteiger partial charge in [-0.3, -0.25) is 4.98 Å². The second-order valence-electron chi connectivity index (χ2n) is 5.12. The monoisotopic (exact) mass is 337 g/mol. The van der Waals surface area contributed by atoms with Crippen molar-refractivity contribution in [3.63, 3.8) is 0 Å². The lowest BCUT2D eigenvalue weighted by molar-refractivity contribution is 1.33. The van der Waals surface area contributed by atoms with Crippen LogP contribution in [0, 0.1) is 6.92 Å². The molecule has 0 bridgehead atoms. The van der Waals surface area contributed by atoms with Crippen LogP contribution in [0.2, 0.25) is 0 Å². The number of fused-ring (bicyclic) bond motifs is 2. The highest BCUT2D eigenvalue weighted by Crippen LogP contribution is 2.27. The third-order valence-corrected chi connectivity index (χ3v) is 4.08. The topological polar surface area (TPSA) is 41.6 Å². The molecule has 0 saturated carbocycles. The molecule has 0 spiro atoms. The summed E-state index contributed by atoms with van der Waals surface area (Å²) in [7, 11) is 0. The Morgan fingerprint density at radius 1 is 1.10 bits per heavy atom. The Hall–Kier alpha value is -2.20. The van der Waals surface area contributed by atoms with E-state index in [1.807, 2.05) is 18.3 Å². The minimum atomic E-state index is 0.886. The summed E-state index contributed by atoms with van der Waals surface area (Å²) in [6.07, 6.45) is 1.81. The maximum atomic E-state index is 4.73. The third-order valence-electron chi connectivity index (χ3n) is 3.62. The van der Waals surface area contributed by atoms with Crippen LogP contribution in [0.5, 0.6) is 0 Å². The number of pyridine rings is 1. The van der Waals surface area contributed by atoms with Crippen molar-refractivity contribution < 1.29 is 0 Å². The quantitative estimate of drug-likeness (QED) is 0.539. The summed E-state index contributed by atoms with van der Waals surface area (Å²) < 4.78 is 1.06. The molecular weight excluding hydrogens is 326 g/mol. The maximum absolute atomic E-state index is 4.73. The molecule has 0 radical (unpaired) electrons. The van der Waals surface area contributed by atoms with E-state index in [9.17, 15) is 0 Å². The Labute approximate surface area is 130 Å². The zero-order chi connectivity index (χ0) is 14.4. The molecule has 0 unspecified atom stereocenters. The largest absolute Gasteiger partial charge is 0.338 e. The second kappa shape index (κ2) is 4.67. The minimum absolute atomic E-state index is 0.886. The number of aryl methyl sites for hydroxylation is 1. The summed E-state index contributed by atoms with van der Waals surface area (Å²) in [4.78, 5) is 12.5. The van der Waals surface area contributed by atoms with Crippen molar-refractivity contribution in [2.24, 2.45) is 0 Å². The average Bonchev–Trinajstić information content (AvgIpc) is 2.91. The number of imidazole rings is 1. The van der Waals surface area contributed by atoms with E-state index in [4.69, 9.17) is 4.98 Å². The lowest BCUT2D eigenvalue weighted by Crippen LogP contribution is -1.82. The van der Waals surface area contributed by atoms with Crippen molar-refractivity contribution in [2.75, 3.05) is 0 Å². The number of rotatable bonds is 1. The van der Waals surface area contributed by atoms with E-state index in [1.54, 1.807) is 0 Å². The Kier molecular flexibility index (Phi) is 2.79. The third kappa shape index (κ3) is 2.12. The molecule has 1 N–H and O–H groups in total. The SMILES string of the molecule is Cc1cc(Br)cc2[nH]c(-c3ccc4ncccc4c3)nc12. The molecule has 0 saturated heterocycles. The van der Waals surface area contributed by atoms with Crippen molar-refractivity contribution in [3.8, 4) is 11.4 Å². The van der Waals surface area contributed by atoms with Gasteiger partial charge in [0.05, 0.1) is 16.6 Å². The van der Waals surface area contributed by atoms with Gasteiger partial charge in [0.25, 0.3) is 0 Å². The van der Waals surface area contributed by atoms with Gasteiger partial charge in [0, 0.05) is 21.6 Å². The van der Waals surface area contributed by atoms with Gasteiger partial charge in [-0.1, -0.05) is 22.0 Å². The first-order valence-corrected chi connectivity index (χ1v) is 7.51. The lowest BCUT2D eigenvalue weighted by Gasteiger charge is -1.99. The summed E-state index contributed by atoms with van der Waals surface area (Å²) in [5.41, 5.74) is 5.28. The Morgan fingerprint density at radius 2 is 2.00 bits per heavy atom. The van der Waals surface area contributed by atoms with E-state index in [0.717, 1.165) is 43.4 Å². The highest BCUT2D eigenvalue weighted by atomic mass is 79.9. The standard InChI is InChI=1S/C17H12BrN3/c1-10-7-13(18)9-15-16(10)21-17(20-15)12-4-5-14-11(8-12)3-2-6-19-14/h2-9H,1H3,(H,20,21). The normalized spacial score (nSPS) is 11.3. The smallest absolute Gasteiger partial charge is 0.138 e. The van der Waals surface area contributed by atoms with Crippen LogP contribution < -0.4 is 0 Å². The van der Waals surface area contributed by atoms with Gasteiger partial charge in [-0.25, -0.2) is 4.98 Å². The van der Waals surface area contributed by atoms with E-state index in [-0.39, 0.29) is 0 Å². The fraction of sp³-hybridized carbons (Fsp3) is 0.0588. The van der Waals surface area contributed by atoms with Crippen LogP contribution in [0.1, 0.15) is 5.56 Å². The van der Waals surface area contributed by atoms with E-state index >= 15 is 0 Å². The van der Waals surface area contributed by atoms with E-state index < -0.39 is 0 Å². The van der Waals surface area contributed by atoms with Crippen LogP contribution in [0.4, 0.5) is 0 Å². The van der Waals surface area contributed by atoms with Gasteiger partial charge in [-0.15, -0.1) is 0 Å². The summed E-state index contributed by atoms with van der Waals surface area (Å²) in [6, 6.07) is 14.4. The van der Waals surface area contributed by atoms with Crippen LogP contribution >= 0.6 is 15.9 Å². The summed E-state index contributed by atoms with van der Waals surface area (Å²) in [6.45, 7) is 2.07. The molecule has 4 aromatic rings. The van der Waals surface area contributed by atoms with E-state index in [2.05, 4.69) is 63.2 Å². The van der Waals surface area contributed by atoms with Crippen molar-refractivity contribution in [1.29, 1.82) is 0 Å². The minimum Gasteiger partial charge on any atom is -0.338 e. The zero-order valence-corrected chi connectivity index (χ0v) is 13.0. The molecule has 0 aliphatic carbocycles. The van der Waals surface area contributed by atoms with Crippen molar-refractivity contribution in [2.45, 2.75) is 6.92 Å². The number of benzene rings is 2. The maximum Gasteiger partial charge on any atom is 0.138 e. The summed E-state index contributed by atoms with van der Waals surface area (Å²) >= 11 is 3.53. The molecule has 21 heavy (non-hydrogen) atoms. The van der Waals surface area contributed by atoms with Crippen LogP contribution in [-0.2, 0) is 0 Å². The molecule has 2 aromatic carbocycles. The van der Waals surface area contributed by atoms with Gasteiger partial charge >= 0.3 is 0 Å². The Bertz CT molecular complexity index is 972. The summed E-state index contributed by atoms with van der Waals surface area (Å²) in [5.74, 6) is 0.886. The highest BCUT2D eigenvalue weighted by Gasteiger charge is 2.09. The van der Waals surface area contributed by atoms with Crippen LogP contribution in [0.3, 0.4) is 0 Å². The Morgan fingerprint density at radius 3 is 2.90 bits per heavy atom. The zero-order valence-electron chi connectivity index (χ0n) is 11.4. The lowest BCUT2D eigenvalue weighted by atomic mass is 10.1. The molecule has 0 aliphatic rings. The molecule has 2 aromatic heterocycles. The second-order valence-corrected chi connectivity index (χ2v) is 6.03. The van der Waals surface area contributed by atoms with Gasteiger partial charge < -0.3 is 4.98 Å². The van der Waals surface area contributed by atoms with Crippen molar-refractivity contribution in [3.05, 3.63) is 58.7 Å². The van der Waals surface area contributed by atoms with E-state index in [0.29, 0.717) is 0 Å². The van der Waals surface area contributed by atoms with Gasteiger partial charge in [0.1, 0.15) is 5.82 Å². The Balaban J connectivity index is 1.93. The van der Waals surface area contributed by atoms with Crippen LogP contribution in [0.25, 0.3) is 33.3 Å². The van der Waals surface area contributed by atoms with Gasteiger partial charge in [0.15, 0.2) is 0 Å². The molecule has 0 atom stereocenters. The first-order valence-electron chi connectivity index (χ1n) is 6.72. The molecular formula is C17H12BrN3. The van der Waals surface area contributed by atoms with Crippen molar-refractivity contribution in [1.82, 2.24) is 15.0 Å². The number of halogens is 1. The number of hydrogen-bond donors (Lipinski definition) is 1. The molecule has 4 heteroatoms. The van der Waals surface area contributed by atoms with Crippen LogP contribution in [-0.4, -0.2) is 15.0 Å². The molecule has 3 nitrogen and oxygen atoms in total. The predicted molar refractivity (Wildman–Crippen MR) is 89.3 cm³/mol.